The maximum Gasteiger partial charge on any atom is 0.324 e. The SMILES string of the molecule is Cc1csc([C@H](C)N(C)C(=O)CN2C(=O)CCNC2=O)n1. The van der Waals surface area contributed by atoms with E-state index < -0.39 is 6.03 Å². The molecule has 7 nitrogen and oxygen atoms in total. The predicted octanol–water partition coefficient (Wildman–Crippen LogP) is 0.913. The van der Waals surface area contributed by atoms with Crippen LogP contribution in [0.4, 0.5) is 4.79 Å². The zero-order valence-corrected chi connectivity index (χ0v) is 13.1. The third-order valence-electron chi connectivity index (χ3n) is 3.42. The van der Waals surface area contributed by atoms with E-state index in [2.05, 4.69) is 10.3 Å². The molecular formula is C13H18N4O3S. The van der Waals surface area contributed by atoms with Crippen molar-refractivity contribution in [1.82, 2.24) is 20.1 Å². The topological polar surface area (TPSA) is 82.6 Å². The van der Waals surface area contributed by atoms with Crippen molar-refractivity contribution in [2.24, 2.45) is 0 Å². The number of carbonyl (C=O) groups excluding carboxylic acids is 3. The van der Waals surface area contributed by atoms with E-state index in [-0.39, 0.29) is 30.8 Å². The molecule has 0 spiro atoms. The van der Waals surface area contributed by atoms with Crippen molar-refractivity contribution in [3.05, 3.63) is 16.1 Å². The van der Waals surface area contributed by atoms with Gasteiger partial charge in [-0.3, -0.25) is 14.5 Å². The van der Waals surface area contributed by atoms with Crippen molar-refractivity contribution in [2.75, 3.05) is 20.1 Å². The number of aromatic nitrogens is 1. The number of carbonyl (C=O) groups is 3. The Balaban J connectivity index is 2.02. The highest BCUT2D eigenvalue weighted by molar-refractivity contribution is 7.09. The molecule has 0 bridgehead atoms. The van der Waals surface area contributed by atoms with Gasteiger partial charge in [-0.25, -0.2) is 9.78 Å². The molecule has 1 aliphatic heterocycles. The molecule has 1 saturated heterocycles. The third-order valence-corrected chi connectivity index (χ3v) is 4.56. The number of nitrogens with one attached hydrogen (secondary N) is 1. The summed E-state index contributed by atoms with van der Waals surface area (Å²) in [6.07, 6.45) is 0.226. The van der Waals surface area contributed by atoms with Gasteiger partial charge in [0.2, 0.25) is 11.8 Å². The lowest BCUT2D eigenvalue weighted by Crippen LogP contribution is -2.53. The molecule has 1 fully saturated rings. The monoisotopic (exact) mass is 310 g/mol. The van der Waals surface area contributed by atoms with Crippen LogP contribution in [0.5, 0.6) is 0 Å². The summed E-state index contributed by atoms with van der Waals surface area (Å²) in [4.78, 5) is 42.4. The first kappa shape index (κ1) is 15.4. The van der Waals surface area contributed by atoms with E-state index in [1.165, 1.54) is 16.2 Å². The highest BCUT2D eigenvalue weighted by Crippen LogP contribution is 2.22. The smallest absolute Gasteiger partial charge is 0.324 e. The quantitative estimate of drug-likeness (QED) is 0.896. The Morgan fingerprint density at radius 3 is 2.86 bits per heavy atom. The van der Waals surface area contributed by atoms with E-state index in [0.29, 0.717) is 6.54 Å². The van der Waals surface area contributed by atoms with Crippen molar-refractivity contribution < 1.29 is 14.4 Å². The number of imide groups is 1. The second-order valence-corrected chi connectivity index (χ2v) is 5.86. The van der Waals surface area contributed by atoms with Crippen LogP contribution in [-0.4, -0.2) is 52.8 Å². The van der Waals surface area contributed by atoms with Gasteiger partial charge in [-0.1, -0.05) is 0 Å². The zero-order valence-electron chi connectivity index (χ0n) is 12.3. The number of nitrogens with zero attached hydrogens (tertiary/aromatic N) is 3. The van der Waals surface area contributed by atoms with Gasteiger partial charge in [0, 0.05) is 31.1 Å². The molecule has 21 heavy (non-hydrogen) atoms. The van der Waals surface area contributed by atoms with Crippen molar-refractivity contribution >= 4 is 29.2 Å². The lowest BCUT2D eigenvalue weighted by Gasteiger charge is -2.29. The van der Waals surface area contributed by atoms with Crippen LogP contribution < -0.4 is 5.32 Å². The molecule has 114 valence electrons. The van der Waals surface area contributed by atoms with Gasteiger partial charge in [0.1, 0.15) is 11.6 Å². The van der Waals surface area contributed by atoms with E-state index in [1.807, 2.05) is 19.2 Å². The molecule has 2 heterocycles. The number of hydrogen-bond acceptors (Lipinski definition) is 5. The third kappa shape index (κ3) is 3.38. The molecule has 0 saturated carbocycles. The van der Waals surface area contributed by atoms with E-state index in [9.17, 15) is 14.4 Å². The number of hydrogen-bond donors (Lipinski definition) is 1. The molecule has 8 heteroatoms. The lowest BCUT2D eigenvalue weighted by atomic mass is 10.2. The Hall–Kier alpha value is -1.96. The molecule has 1 aromatic rings. The fourth-order valence-electron chi connectivity index (χ4n) is 1.97. The Labute approximate surface area is 126 Å². The van der Waals surface area contributed by atoms with Crippen LogP contribution >= 0.6 is 11.3 Å². The van der Waals surface area contributed by atoms with Crippen LogP contribution in [0.25, 0.3) is 0 Å². The van der Waals surface area contributed by atoms with Crippen LogP contribution in [0.15, 0.2) is 5.38 Å². The predicted molar refractivity (Wildman–Crippen MR) is 77.8 cm³/mol. The van der Waals surface area contributed by atoms with Crippen LogP contribution in [0.2, 0.25) is 0 Å². The average Bonchev–Trinajstić information content (AvgIpc) is 2.87. The van der Waals surface area contributed by atoms with E-state index >= 15 is 0 Å². The van der Waals surface area contributed by atoms with E-state index in [4.69, 9.17) is 0 Å². The first-order chi connectivity index (χ1) is 9.90. The minimum absolute atomic E-state index is 0.195. The molecular weight excluding hydrogens is 292 g/mol. The maximum atomic E-state index is 12.3. The summed E-state index contributed by atoms with van der Waals surface area (Å²) >= 11 is 1.49. The summed E-state index contributed by atoms with van der Waals surface area (Å²) in [7, 11) is 1.65. The summed E-state index contributed by atoms with van der Waals surface area (Å²) in [6, 6.07) is -0.704. The minimum atomic E-state index is -0.509. The summed E-state index contributed by atoms with van der Waals surface area (Å²) < 4.78 is 0. The normalized spacial score (nSPS) is 16.6. The second-order valence-electron chi connectivity index (χ2n) is 4.97. The van der Waals surface area contributed by atoms with Crippen molar-refractivity contribution in [3.63, 3.8) is 0 Å². The molecule has 0 unspecified atom stereocenters. The van der Waals surface area contributed by atoms with Crippen LogP contribution in [-0.2, 0) is 9.59 Å². The molecule has 0 radical (unpaired) electrons. The summed E-state index contributed by atoms with van der Waals surface area (Å²) in [5, 5.41) is 5.31. The summed E-state index contributed by atoms with van der Waals surface area (Å²) in [5.41, 5.74) is 0.910. The van der Waals surface area contributed by atoms with Crippen LogP contribution in [0.3, 0.4) is 0 Å². The Morgan fingerprint density at radius 1 is 1.57 bits per heavy atom. The minimum Gasteiger partial charge on any atom is -0.337 e. The van der Waals surface area contributed by atoms with Gasteiger partial charge >= 0.3 is 6.03 Å². The molecule has 1 aliphatic rings. The van der Waals surface area contributed by atoms with Crippen molar-refractivity contribution in [3.8, 4) is 0 Å². The fraction of sp³-hybridized carbons (Fsp3) is 0.538. The highest BCUT2D eigenvalue weighted by Gasteiger charge is 2.30. The number of rotatable bonds is 4. The van der Waals surface area contributed by atoms with Gasteiger partial charge in [0.25, 0.3) is 0 Å². The molecule has 4 amide bonds. The molecule has 2 rings (SSSR count). The number of urea groups is 1. The molecule has 0 aliphatic carbocycles. The van der Waals surface area contributed by atoms with Gasteiger partial charge in [0.15, 0.2) is 0 Å². The van der Waals surface area contributed by atoms with E-state index in [0.717, 1.165) is 15.6 Å². The first-order valence-electron chi connectivity index (χ1n) is 6.66. The Morgan fingerprint density at radius 2 is 2.29 bits per heavy atom. The number of aryl methyl sites for hydroxylation is 1. The molecule has 1 atom stereocenters. The zero-order chi connectivity index (χ0) is 15.6. The van der Waals surface area contributed by atoms with Crippen LogP contribution in [0.1, 0.15) is 30.1 Å². The number of amides is 4. The fourth-order valence-corrected chi connectivity index (χ4v) is 2.87. The van der Waals surface area contributed by atoms with Gasteiger partial charge in [-0.2, -0.15) is 0 Å². The lowest BCUT2D eigenvalue weighted by molar-refractivity contribution is -0.139. The van der Waals surface area contributed by atoms with Crippen molar-refractivity contribution in [1.29, 1.82) is 0 Å². The maximum absolute atomic E-state index is 12.3. The van der Waals surface area contributed by atoms with Crippen LogP contribution in [0, 0.1) is 6.92 Å². The van der Waals surface area contributed by atoms with Gasteiger partial charge in [-0.15, -0.1) is 11.3 Å². The Bertz CT molecular complexity index is 556. The van der Waals surface area contributed by atoms with Gasteiger partial charge in [-0.05, 0) is 13.8 Å². The van der Waals surface area contributed by atoms with Crippen molar-refractivity contribution in [2.45, 2.75) is 26.3 Å². The second kappa shape index (κ2) is 6.21. The van der Waals surface area contributed by atoms with Gasteiger partial charge in [0.05, 0.1) is 6.04 Å². The van der Waals surface area contributed by atoms with Gasteiger partial charge < -0.3 is 10.2 Å². The Kier molecular flexibility index (Phi) is 4.56. The van der Waals surface area contributed by atoms with E-state index in [1.54, 1.807) is 7.05 Å². The largest absolute Gasteiger partial charge is 0.337 e. The molecule has 0 aromatic carbocycles. The first-order valence-corrected chi connectivity index (χ1v) is 7.54. The average molecular weight is 310 g/mol. The number of likely N-dealkylation sites (N-methyl/N-ethyl adjacent to an activating group) is 1. The molecule has 1 N–H and O–H groups in total. The standard InChI is InChI=1S/C13H18N4O3S/c1-8-7-21-12(15-8)9(2)16(3)11(19)6-17-10(18)4-5-14-13(17)20/h7,9H,4-6H2,1-3H3,(H,14,20)/t9-/m0/s1. The highest BCUT2D eigenvalue weighted by atomic mass is 32.1. The molecule has 1 aromatic heterocycles. The summed E-state index contributed by atoms with van der Waals surface area (Å²) in [6.45, 7) is 3.85. The summed E-state index contributed by atoms with van der Waals surface area (Å²) in [5.74, 6) is -0.612. The number of thiazole rings is 1.